The molecule has 0 radical (unpaired) electrons. The molecule has 0 fully saturated rings. The van der Waals surface area contributed by atoms with Crippen LogP contribution in [0, 0.1) is 12.7 Å². The fraction of sp³-hybridized carbons (Fsp3) is 0.217. The number of hydrazine groups is 1. The third kappa shape index (κ3) is 5.53. The summed E-state index contributed by atoms with van der Waals surface area (Å²) < 4.78 is 25.5. The minimum atomic E-state index is -1.04. The fourth-order valence-electron chi connectivity index (χ4n) is 2.91. The Morgan fingerprint density at radius 2 is 1.79 bits per heavy atom. The van der Waals surface area contributed by atoms with E-state index in [1.807, 2.05) is 0 Å². The molecule has 0 spiro atoms. The molecule has 33 heavy (non-hydrogen) atoms. The number of aromatic nitrogens is 2. The van der Waals surface area contributed by atoms with E-state index in [1.54, 1.807) is 48.9 Å². The maximum atomic E-state index is 13.6. The van der Waals surface area contributed by atoms with Gasteiger partial charge in [0.05, 0.1) is 24.2 Å². The van der Waals surface area contributed by atoms with Gasteiger partial charge in [0.25, 0.3) is 11.8 Å². The molecule has 2 amide bonds. The molecule has 3 aromatic rings. The van der Waals surface area contributed by atoms with E-state index < -0.39 is 29.7 Å². The Hall–Kier alpha value is -4.21. The van der Waals surface area contributed by atoms with E-state index in [0.717, 1.165) is 0 Å². The van der Waals surface area contributed by atoms with Crippen LogP contribution in [0.4, 0.5) is 4.39 Å². The van der Waals surface area contributed by atoms with E-state index in [-0.39, 0.29) is 17.9 Å². The molecule has 1 unspecified atom stereocenters. The summed E-state index contributed by atoms with van der Waals surface area (Å²) in [6.45, 7) is 5.15. The highest BCUT2D eigenvalue weighted by atomic mass is 19.1. The van der Waals surface area contributed by atoms with Crippen molar-refractivity contribution in [2.75, 3.05) is 6.61 Å². The zero-order chi connectivity index (χ0) is 24.0. The molecule has 1 heterocycles. The van der Waals surface area contributed by atoms with Gasteiger partial charge in [-0.2, -0.15) is 5.10 Å². The van der Waals surface area contributed by atoms with Gasteiger partial charge in [0.1, 0.15) is 5.56 Å². The number of amides is 2. The molecular weight excluding hydrogens is 431 g/mol. The zero-order valence-corrected chi connectivity index (χ0v) is 18.3. The standard InChI is InChI=1S/C23H23FN4O5/c1-4-32-23(31)18-13-25-28(14(18)2)17-11-9-16(10-12-17)22(30)27-26-21(29)15(3)33-20-8-6-5-7-19(20)24/h5-13,15H,4H2,1-3H3,(H,26,29)(H,27,30). The molecule has 0 aliphatic rings. The van der Waals surface area contributed by atoms with Crippen molar-refractivity contribution in [2.45, 2.75) is 26.9 Å². The van der Waals surface area contributed by atoms with E-state index in [1.165, 1.54) is 31.3 Å². The second-order valence-corrected chi connectivity index (χ2v) is 6.96. The third-order valence-corrected chi connectivity index (χ3v) is 4.69. The summed E-state index contributed by atoms with van der Waals surface area (Å²) in [6.07, 6.45) is 0.384. The van der Waals surface area contributed by atoms with Crippen LogP contribution in [0.3, 0.4) is 0 Å². The summed E-state index contributed by atoms with van der Waals surface area (Å²) >= 11 is 0. The lowest BCUT2D eigenvalue weighted by Crippen LogP contribution is -2.47. The van der Waals surface area contributed by atoms with E-state index in [4.69, 9.17) is 9.47 Å². The second kappa shape index (κ2) is 10.4. The van der Waals surface area contributed by atoms with Crippen LogP contribution in [-0.4, -0.2) is 40.3 Å². The molecule has 0 aliphatic heterocycles. The molecule has 0 saturated heterocycles. The summed E-state index contributed by atoms with van der Waals surface area (Å²) in [6, 6.07) is 12.1. The molecule has 0 aliphatic carbocycles. The highest BCUT2D eigenvalue weighted by Crippen LogP contribution is 2.17. The first-order valence-electron chi connectivity index (χ1n) is 10.1. The monoisotopic (exact) mass is 454 g/mol. The van der Waals surface area contributed by atoms with Crippen LogP contribution in [0.1, 0.15) is 40.3 Å². The maximum absolute atomic E-state index is 13.6. The molecule has 1 atom stereocenters. The smallest absolute Gasteiger partial charge is 0.341 e. The number of hydrogen-bond donors (Lipinski definition) is 2. The van der Waals surface area contributed by atoms with E-state index in [9.17, 15) is 18.8 Å². The number of rotatable bonds is 7. The maximum Gasteiger partial charge on any atom is 0.341 e. The molecule has 0 saturated carbocycles. The van der Waals surface area contributed by atoms with Crippen molar-refractivity contribution in [1.29, 1.82) is 0 Å². The normalized spacial score (nSPS) is 11.4. The topological polar surface area (TPSA) is 112 Å². The van der Waals surface area contributed by atoms with Gasteiger partial charge in [-0.1, -0.05) is 12.1 Å². The van der Waals surface area contributed by atoms with E-state index >= 15 is 0 Å². The Kier molecular flexibility index (Phi) is 7.39. The van der Waals surface area contributed by atoms with Crippen molar-refractivity contribution in [2.24, 2.45) is 0 Å². The van der Waals surface area contributed by atoms with E-state index in [0.29, 0.717) is 16.9 Å². The molecule has 1 aromatic heterocycles. The van der Waals surface area contributed by atoms with Gasteiger partial charge < -0.3 is 9.47 Å². The first-order valence-corrected chi connectivity index (χ1v) is 10.1. The fourth-order valence-corrected chi connectivity index (χ4v) is 2.91. The van der Waals surface area contributed by atoms with Gasteiger partial charge in [0.2, 0.25) is 0 Å². The first-order chi connectivity index (χ1) is 15.8. The number of halogens is 1. The van der Waals surface area contributed by atoms with Gasteiger partial charge in [-0.25, -0.2) is 13.9 Å². The molecular formula is C23H23FN4O5. The SMILES string of the molecule is CCOC(=O)c1cnn(-c2ccc(C(=O)NNC(=O)C(C)Oc3ccccc3F)cc2)c1C. The van der Waals surface area contributed by atoms with Crippen molar-refractivity contribution in [3.8, 4) is 11.4 Å². The first kappa shape index (κ1) is 23.5. The average molecular weight is 454 g/mol. The minimum Gasteiger partial charge on any atom is -0.478 e. The Labute approximate surface area is 189 Å². The van der Waals surface area contributed by atoms with Gasteiger partial charge in [-0.05, 0) is 57.2 Å². The number of benzene rings is 2. The Morgan fingerprint density at radius 3 is 2.45 bits per heavy atom. The van der Waals surface area contributed by atoms with Crippen LogP contribution in [-0.2, 0) is 9.53 Å². The molecule has 172 valence electrons. The Morgan fingerprint density at radius 1 is 1.09 bits per heavy atom. The molecule has 2 aromatic carbocycles. The highest BCUT2D eigenvalue weighted by Gasteiger charge is 2.18. The number of esters is 1. The number of ether oxygens (including phenoxy) is 2. The number of hydrogen-bond acceptors (Lipinski definition) is 6. The average Bonchev–Trinajstić information content (AvgIpc) is 3.20. The number of carbonyl (C=O) groups excluding carboxylic acids is 3. The summed E-state index contributed by atoms with van der Waals surface area (Å²) in [5.41, 5.74) is 6.40. The number of nitrogens with one attached hydrogen (secondary N) is 2. The van der Waals surface area contributed by atoms with Crippen molar-refractivity contribution in [3.05, 3.63) is 77.4 Å². The highest BCUT2D eigenvalue weighted by molar-refractivity contribution is 5.96. The van der Waals surface area contributed by atoms with Crippen LogP contribution in [0.15, 0.2) is 54.7 Å². The lowest BCUT2D eigenvalue weighted by atomic mass is 10.2. The van der Waals surface area contributed by atoms with Crippen molar-refractivity contribution in [3.63, 3.8) is 0 Å². The second-order valence-electron chi connectivity index (χ2n) is 6.96. The lowest BCUT2D eigenvalue weighted by Gasteiger charge is -2.15. The van der Waals surface area contributed by atoms with Gasteiger partial charge in [-0.3, -0.25) is 20.4 Å². The van der Waals surface area contributed by atoms with Crippen molar-refractivity contribution in [1.82, 2.24) is 20.6 Å². The van der Waals surface area contributed by atoms with Gasteiger partial charge in [0.15, 0.2) is 17.7 Å². The van der Waals surface area contributed by atoms with Crippen molar-refractivity contribution >= 4 is 17.8 Å². The summed E-state index contributed by atoms with van der Waals surface area (Å²) in [5, 5.41) is 4.20. The molecule has 3 rings (SSSR count). The summed E-state index contributed by atoms with van der Waals surface area (Å²) in [5.74, 6) is -2.33. The largest absolute Gasteiger partial charge is 0.478 e. The Bertz CT molecular complexity index is 1160. The van der Waals surface area contributed by atoms with Crippen LogP contribution >= 0.6 is 0 Å². The van der Waals surface area contributed by atoms with Crippen LogP contribution < -0.4 is 15.6 Å². The molecule has 0 bridgehead atoms. The Balaban J connectivity index is 1.59. The minimum absolute atomic E-state index is 0.0675. The predicted octanol–water partition coefficient (Wildman–Crippen LogP) is 2.73. The number of carbonyl (C=O) groups is 3. The number of para-hydroxylation sites is 1. The molecule has 9 nitrogen and oxygen atoms in total. The predicted molar refractivity (Wildman–Crippen MR) is 116 cm³/mol. The van der Waals surface area contributed by atoms with Crippen LogP contribution in [0.25, 0.3) is 5.69 Å². The summed E-state index contributed by atoms with van der Waals surface area (Å²) in [7, 11) is 0. The van der Waals surface area contributed by atoms with Crippen molar-refractivity contribution < 1.29 is 28.2 Å². The van der Waals surface area contributed by atoms with Gasteiger partial charge in [-0.15, -0.1) is 0 Å². The summed E-state index contributed by atoms with van der Waals surface area (Å²) in [4.78, 5) is 36.5. The van der Waals surface area contributed by atoms with Gasteiger partial charge in [0, 0.05) is 5.56 Å². The molecule has 10 heteroatoms. The lowest BCUT2D eigenvalue weighted by molar-refractivity contribution is -0.128. The molecule has 2 N–H and O–H groups in total. The van der Waals surface area contributed by atoms with Crippen LogP contribution in [0.2, 0.25) is 0 Å². The van der Waals surface area contributed by atoms with Gasteiger partial charge >= 0.3 is 5.97 Å². The zero-order valence-electron chi connectivity index (χ0n) is 18.3. The van der Waals surface area contributed by atoms with Crippen LogP contribution in [0.5, 0.6) is 5.75 Å². The number of nitrogens with zero attached hydrogens (tertiary/aromatic N) is 2. The third-order valence-electron chi connectivity index (χ3n) is 4.69. The quantitative estimate of drug-likeness (QED) is 0.420. The van der Waals surface area contributed by atoms with E-state index in [2.05, 4.69) is 16.0 Å².